The maximum atomic E-state index is 13.5. The largest absolute Gasteiger partial charge is 0.463 e. The second-order valence-electron chi connectivity index (χ2n) is 8.83. The van der Waals surface area contributed by atoms with E-state index in [0.717, 1.165) is 43.8 Å². The third kappa shape index (κ3) is 4.21. The zero-order valence-electron chi connectivity index (χ0n) is 18.8. The summed E-state index contributed by atoms with van der Waals surface area (Å²) in [5.41, 5.74) is 7.45. The Balaban J connectivity index is 1.31. The Bertz CT molecular complexity index is 1230. The van der Waals surface area contributed by atoms with Crippen LogP contribution in [0.15, 0.2) is 71.3 Å². The van der Waals surface area contributed by atoms with Crippen LogP contribution in [0.2, 0.25) is 0 Å². The molecule has 4 aromatic rings. The molecule has 0 radical (unpaired) electrons. The molecule has 1 saturated heterocycles. The number of carbonyl (C=O) groups excluding carboxylic acids is 1. The van der Waals surface area contributed by atoms with Crippen molar-refractivity contribution in [3.05, 3.63) is 94.9 Å². The SMILES string of the molecule is Cc1ccc(Cn2c(C(=O)N3CCN(Cc4cccc(C)c4)CC3)cc3occc32)cc1. The predicted octanol–water partition coefficient (Wildman–Crippen LogP) is 4.86. The minimum Gasteiger partial charge on any atom is -0.463 e. The summed E-state index contributed by atoms with van der Waals surface area (Å²) in [6.07, 6.45) is 1.69. The second kappa shape index (κ2) is 8.67. The highest BCUT2D eigenvalue weighted by Crippen LogP contribution is 2.24. The number of carbonyl (C=O) groups is 1. The molecule has 0 bridgehead atoms. The highest BCUT2D eigenvalue weighted by atomic mass is 16.3. The molecular formula is C27H29N3O2. The first kappa shape index (κ1) is 20.6. The van der Waals surface area contributed by atoms with Gasteiger partial charge in [-0.1, -0.05) is 59.7 Å². The molecule has 2 aromatic heterocycles. The fourth-order valence-corrected chi connectivity index (χ4v) is 4.54. The van der Waals surface area contributed by atoms with E-state index in [1.54, 1.807) is 6.26 Å². The van der Waals surface area contributed by atoms with Gasteiger partial charge in [0.05, 0.1) is 11.8 Å². The number of rotatable bonds is 5. The topological polar surface area (TPSA) is 41.6 Å². The molecule has 5 nitrogen and oxygen atoms in total. The van der Waals surface area contributed by atoms with Crippen LogP contribution in [0.1, 0.15) is 32.7 Å². The van der Waals surface area contributed by atoms with Crippen LogP contribution in [0.25, 0.3) is 11.1 Å². The molecule has 5 heteroatoms. The van der Waals surface area contributed by atoms with E-state index in [0.29, 0.717) is 12.2 Å². The van der Waals surface area contributed by atoms with Crippen molar-refractivity contribution in [2.24, 2.45) is 0 Å². The number of piperazine rings is 1. The maximum absolute atomic E-state index is 13.5. The number of fused-ring (bicyclic) bond motifs is 1. The van der Waals surface area contributed by atoms with Crippen LogP contribution in [0.5, 0.6) is 0 Å². The van der Waals surface area contributed by atoms with E-state index >= 15 is 0 Å². The summed E-state index contributed by atoms with van der Waals surface area (Å²) < 4.78 is 7.72. The average molecular weight is 428 g/mol. The number of benzene rings is 2. The fraction of sp³-hybridized carbons (Fsp3) is 0.296. The first-order valence-corrected chi connectivity index (χ1v) is 11.3. The highest BCUT2D eigenvalue weighted by molar-refractivity contribution is 5.97. The molecule has 0 N–H and O–H groups in total. The van der Waals surface area contributed by atoms with Gasteiger partial charge in [-0.2, -0.15) is 0 Å². The van der Waals surface area contributed by atoms with E-state index in [9.17, 15) is 4.79 Å². The Morgan fingerprint density at radius 3 is 2.38 bits per heavy atom. The van der Waals surface area contributed by atoms with Crippen LogP contribution in [0.3, 0.4) is 0 Å². The van der Waals surface area contributed by atoms with E-state index in [4.69, 9.17) is 4.42 Å². The van der Waals surface area contributed by atoms with Gasteiger partial charge in [0.15, 0.2) is 5.58 Å². The first-order chi connectivity index (χ1) is 15.6. The maximum Gasteiger partial charge on any atom is 0.270 e. The predicted molar refractivity (Wildman–Crippen MR) is 127 cm³/mol. The summed E-state index contributed by atoms with van der Waals surface area (Å²) in [5.74, 6) is 0.0821. The summed E-state index contributed by atoms with van der Waals surface area (Å²) in [5, 5.41) is 0. The monoisotopic (exact) mass is 427 g/mol. The van der Waals surface area contributed by atoms with Crippen molar-refractivity contribution in [3.8, 4) is 0 Å². The summed E-state index contributed by atoms with van der Waals surface area (Å²) in [4.78, 5) is 17.9. The highest BCUT2D eigenvalue weighted by Gasteiger charge is 2.26. The molecule has 0 unspecified atom stereocenters. The van der Waals surface area contributed by atoms with Crippen molar-refractivity contribution in [1.82, 2.24) is 14.4 Å². The van der Waals surface area contributed by atoms with Crippen molar-refractivity contribution >= 4 is 17.0 Å². The molecule has 1 aliphatic heterocycles. The lowest BCUT2D eigenvalue weighted by Gasteiger charge is -2.35. The lowest BCUT2D eigenvalue weighted by atomic mass is 10.1. The van der Waals surface area contributed by atoms with Gasteiger partial charge in [-0.25, -0.2) is 0 Å². The van der Waals surface area contributed by atoms with Crippen LogP contribution in [-0.2, 0) is 13.1 Å². The smallest absolute Gasteiger partial charge is 0.270 e. The van der Waals surface area contributed by atoms with Gasteiger partial charge in [0.2, 0.25) is 0 Å². The van der Waals surface area contributed by atoms with Crippen molar-refractivity contribution in [3.63, 3.8) is 0 Å². The van der Waals surface area contributed by atoms with Crippen LogP contribution in [0, 0.1) is 13.8 Å². The quantitative estimate of drug-likeness (QED) is 0.457. The van der Waals surface area contributed by atoms with Crippen molar-refractivity contribution < 1.29 is 9.21 Å². The van der Waals surface area contributed by atoms with E-state index in [1.807, 2.05) is 17.0 Å². The molecule has 32 heavy (non-hydrogen) atoms. The molecule has 164 valence electrons. The van der Waals surface area contributed by atoms with Gasteiger partial charge in [0.25, 0.3) is 5.91 Å². The Kier molecular flexibility index (Phi) is 5.58. The van der Waals surface area contributed by atoms with E-state index in [2.05, 4.69) is 71.8 Å². The number of amides is 1. The van der Waals surface area contributed by atoms with Crippen molar-refractivity contribution in [2.45, 2.75) is 26.9 Å². The summed E-state index contributed by atoms with van der Waals surface area (Å²) in [7, 11) is 0. The third-order valence-electron chi connectivity index (χ3n) is 6.35. The molecular weight excluding hydrogens is 398 g/mol. The third-order valence-corrected chi connectivity index (χ3v) is 6.35. The van der Waals surface area contributed by atoms with E-state index < -0.39 is 0 Å². The Labute approximate surface area is 188 Å². The molecule has 1 aliphatic rings. The molecule has 1 fully saturated rings. The lowest BCUT2D eigenvalue weighted by Crippen LogP contribution is -2.48. The van der Waals surface area contributed by atoms with Crippen LogP contribution < -0.4 is 0 Å². The normalized spacial score (nSPS) is 14.9. The number of nitrogens with zero attached hydrogens (tertiary/aromatic N) is 3. The number of aromatic nitrogens is 1. The lowest BCUT2D eigenvalue weighted by molar-refractivity contribution is 0.0619. The van der Waals surface area contributed by atoms with E-state index in [1.165, 1.54) is 22.3 Å². The summed E-state index contributed by atoms with van der Waals surface area (Å²) in [6, 6.07) is 21.0. The number of furan rings is 1. The number of aryl methyl sites for hydroxylation is 2. The molecule has 5 rings (SSSR count). The van der Waals surface area contributed by atoms with Crippen LogP contribution >= 0.6 is 0 Å². The van der Waals surface area contributed by atoms with Gasteiger partial charge >= 0.3 is 0 Å². The van der Waals surface area contributed by atoms with Crippen LogP contribution in [-0.4, -0.2) is 46.5 Å². The molecule has 2 aromatic carbocycles. The van der Waals surface area contributed by atoms with Crippen LogP contribution in [0.4, 0.5) is 0 Å². The minimum absolute atomic E-state index is 0.0821. The Morgan fingerprint density at radius 1 is 0.844 bits per heavy atom. The van der Waals surface area contributed by atoms with E-state index in [-0.39, 0.29) is 5.91 Å². The summed E-state index contributed by atoms with van der Waals surface area (Å²) in [6.45, 7) is 9.04. The Morgan fingerprint density at radius 2 is 1.62 bits per heavy atom. The van der Waals surface area contributed by atoms with Gasteiger partial charge < -0.3 is 13.9 Å². The minimum atomic E-state index is 0.0821. The second-order valence-corrected chi connectivity index (χ2v) is 8.83. The zero-order chi connectivity index (χ0) is 22.1. The van der Waals surface area contributed by atoms with Gasteiger partial charge in [-0.05, 0) is 25.0 Å². The standard InChI is InChI=1S/C27H29N3O2/c1-20-6-8-22(9-7-20)19-30-24-10-15-32-26(24)17-25(30)27(31)29-13-11-28(12-14-29)18-23-5-3-4-21(2)16-23/h3-10,15-17H,11-14,18-19H2,1-2H3. The average Bonchev–Trinajstić information content (AvgIpc) is 3.38. The fourth-order valence-electron chi connectivity index (χ4n) is 4.54. The van der Waals surface area contributed by atoms with Crippen molar-refractivity contribution in [1.29, 1.82) is 0 Å². The zero-order valence-corrected chi connectivity index (χ0v) is 18.8. The molecule has 0 atom stereocenters. The van der Waals surface area contributed by atoms with Gasteiger partial charge in [-0.15, -0.1) is 0 Å². The first-order valence-electron chi connectivity index (χ1n) is 11.3. The van der Waals surface area contributed by atoms with Gasteiger partial charge in [-0.3, -0.25) is 9.69 Å². The molecule has 3 heterocycles. The molecule has 0 saturated carbocycles. The number of hydrogen-bond acceptors (Lipinski definition) is 3. The van der Waals surface area contributed by atoms with Gasteiger partial charge in [0, 0.05) is 51.4 Å². The Hall–Kier alpha value is -3.31. The van der Waals surface area contributed by atoms with Gasteiger partial charge in [0.1, 0.15) is 5.69 Å². The number of hydrogen-bond donors (Lipinski definition) is 0. The molecule has 1 amide bonds. The summed E-state index contributed by atoms with van der Waals surface area (Å²) >= 11 is 0. The van der Waals surface area contributed by atoms with Crippen molar-refractivity contribution in [2.75, 3.05) is 26.2 Å². The molecule has 0 spiro atoms. The molecule has 0 aliphatic carbocycles.